The van der Waals surface area contributed by atoms with Crippen LogP contribution in [0.1, 0.15) is 20.3 Å². The number of ether oxygens (including phenoxy) is 1. The zero-order chi connectivity index (χ0) is 9.19. The standard InChI is InChI=1S/C7H14FO2P/c1-5-7(2,8)3-6(10-5)4-9-11/h5-6H,3-4,11H2,1-2H3/t5-,6-,7+/m0/s1/i11D/t5-,6-,7+,11?. The number of halogens is 1. The van der Waals surface area contributed by atoms with Gasteiger partial charge in [-0.05, 0) is 13.8 Å². The van der Waals surface area contributed by atoms with Crippen molar-refractivity contribution in [2.24, 2.45) is 0 Å². The van der Waals surface area contributed by atoms with Crippen LogP contribution in [-0.4, -0.2) is 25.8 Å². The van der Waals surface area contributed by atoms with Crippen LogP contribution in [0.3, 0.4) is 0 Å². The maximum atomic E-state index is 13.5. The third kappa shape index (κ3) is 2.11. The molecule has 1 saturated heterocycles. The van der Waals surface area contributed by atoms with Crippen LogP contribution in [0.25, 0.3) is 0 Å². The average Bonchev–Trinajstić information content (AvgIpc) is 2.22. The Kier molecular flexibility index (Phi) is 2.40. The summed E-state index contributed by atoms with van der Waals surface area (Å²) >= 11 is 0. The zero-order valence-electron chi connectivity index (χ0n) is 7.76. The molecule has 0 aromatic heterocycles. The topological polar surface area (TPSA) is 18.5 Å². The highest BCUT2D eigenvalue weighted by atomic mass is 31.0. The van der Waals surface area contributed by atoms with E-state index >= 15 is 0 Å². The summed E-state index contributed by atoms with van der Waals surface area (Å²) in [6.07, 6.45) is -0.161. The fraction of sp³-hybridized carbons (Fsp3) is 1.00. The van der Waals surface area contributed by atoms with Gasteiger partial charge in [-0.25, -0.2) is 4.39 Å². The van der Waals surface area contributed by atoms with E-state index in [2.05, 4.69) is 0 Å². The first-order chi connectivity index (χ1) is 5.56. The maximum absolute atomic E-state index is 13.5. The molecule has 1 aliphatic rings. The highest BCUT2D eigenvalue weighted by molar-refractivity contribution is 7.09. The van der Waals surface area contributed by atoms with E-state index in [1.165, 1.54) is 0 Å². The Morgan fingerprint density at radius 1 is 2.00 bits per heavy atom. The van der Waals surface area contributed by atoms with Gasteiger partial charge in [-0.3, -0.25) is 0 Å². The van der Waals surface area contributed by atoms with Gasteiger partial charge >= 0.3 is 0 Å². The molecule has 0 N–H and O–H groups in total. The highest BCUT2D eigenvalue weighted by Crippen LogP contribution is 2.33. The van der Waals surface area contributed by atoms with E-state index in [4.69, 9.17) is 10.5 Å². The predicted octanol–water partition coefficient (Wildman–Crippen LogP) is 1.70. The average molecular weight is 181 g/mol. The Morgan fingerprint density at radius 3 is 3.18 bits per heavy atom. The van der Waals surface area contributed by atoms with Gasteiger partial charge in [0.2, 0.25) is 0 Å². The second kappa shape index (κ2) is 3.34. The second-order valence-electron chi connectivity index (χ2n) is 3.19. The van der Waals surface area contributed by atoms with Crippen molar-refractivity contribution in [1.82, 2.24) is 0 Å². The first-order valence-corrected chi connectivity index (χ1v) is 4.10. The summed E-state index contributed by atoms with van der Waals surface area (Å²) in [6, 6.07) is 0. The molecule has 2 nitrogen and oxygen atoms in total. The molecular weight excluding hydrogens is 166 g/mol. The molecule has 11 heavy (non-hydrogen) atoms. The number of hydrogen-bond donors (Lipinski definition) is 0. The molecule has 1 heterocycles. The van der Waals surface area contributed by atoms with Crippen LogP contribution < -0.4 is 0 Å². The Hall–Kier alpha value is 0.280. The van der Waals surface area contributed by atoms with Gasteiger partial charge in [-0.15, -0.1) is 0 Å². The van der Waals surface area contributed by atoms with Gasteiger partial charge in [0.1, 0.15) is 5.67 Å². The molecule has 0 aromatic rings. The van der Waals surface area contributed by atoms with E-state index in [1.54, 1.807) is 13.8 Å². The number of hydrogen-bond acceptors (Lipinski definition) is 2. The summed E-state index contributed by atoms with van der Waals surface area (Å²) < 4.78 is 30.4. The van der Waals surface area contributed by atoms with Crippen molar-refractivity contribution in [3.8, 4) is 0 Å². The molecule has 4 atom stereocenters. The first-order valence-electron chi connectivity index (χ1n) is 4.19. The summed E-state index contributed by atoms with van der Waals surface area (Å²) in [5.41, 5.74) is -1.24. The Bertz CT molecular complexity index is 156. The van der Waals surface area contributed by atoms with Crippen molar-refractivity contribution in [3.05, 3.63) is 0 Å². The van der Waals surface area contributed by atoms with Gasteiger partial charge in [-0.1, -0.05) is 0 Å². The van der Waals surface area contributed by atoms with Gasteiger partial charge in [-0.2, -0.15) is 0 Å². The van der Waals surface area contributed by atoms with Gasteiger partial charge in [0.15, 0.2) is 0 Å². The van der Waals surface area contributed by atoms with E-state index in [0.29, 0.717) is 13.0 Å². The van der Waals surface area contributed by atoms with E-state index < -0.39 is 5.67 Å². The fourth-order valence-corrected chi connectivity index (χ4v) is 1.47. The van der Waals surface area contributed by atoms with Crippen LogP contribution in [0, 0.1) is 0 Å². The molecule has 0 radical (unpaired) electrons. The van der Waals surface area contributed by atoms with Crippen LogP contribution in [0.4, 0.5) is 4.39 Å². The summed E-state index contributed by atoms with van der Waals surface area (Å²) in [7, 11) is -0.294. The van der Waals surface area contributed by atoms with Crippen molar-refractivity contribution in [2.75, 3.05) is 6.61 Å². The van der Waals surface area contributed by atoms with Gasteiger partial charge in [0.25, 0.3) is 0 Å². The Morgan fingerprint density at radius 2 is 2.73 bits per heavy atom. The van der Waals surface area contributed by atoms with Crippen LogP contribution in [0.5, 0.6) is 0 Å². The van der Waals surface area contributed by atoms with Gasteiger partial charge < -0.3 is 9.26 Å². The number of rotatable bonds is 3. The summed E-state index contributed by atoms with van der Waals surface area (Å²) in [5, 5.41) is 0. The van der Waals surface area contributed by atoms with Gasteiger partial charge in [0, 0.05) is 15.8 Å². The van der Waals surface area contributed by atoms with Crippen molar-refractivity contribution >= 4 is 9.41 Å². The third-order valence-corrected chi connectivity index (χ3v) is 2.31. The molecule has 0 saturated carbocycles. The lowest BCUT2D eigenvalue weighted by Crippen LogP contribution is -2.26. The molecule has 0 spiro atoms. The van der Waals surface area contributed by atoms with E-state index in [1.807, 2.05) is 0 Å². The minimum Gasteiger partial charge on any atom is -0.369 e. The summed E-state index contributed by atoms with van der Waals surface area (Å²) in [5.74, 6) is 0. The molecule has 1 unspecified atom stereocenters. The summed E-state index contributed by atoms with van der Waals surface area (Å²) in [6.45, 7) is 3.61. The third-order valence-electron chi connectivity index (χ3n) is 2.14. The first kappa shape index (κ1) is 7.90. The summed E-state index contributed by atoms with van der Waals surface area (Å²) in [4.78, 5) is 0. The van der Waals surface area contributed by atoms with Crippen molar-refractivity contribution in [2.45, 2.75) is 38.1 Å². The fourth-order valence-electron chi connectivity index (χ4n) is 1.28. The zero-order valence-corrected chi connectivity index (χ0v) is 7.76. The predicted molar refractivity (Wildman–Crippen MR) is 44.1 cm³/mol. The smallest absolute Gasteiger partial charge is 0.136 e. The van der Waals surface area contributed by atoms with Gasteiger partial charge in [0.05, 0.1) is 20.1 Å². The van der Waals surface area contributed by atoms with E-state index in [9.17, 15) is 4.39 Å². The van der Waals surface area contributed by atoms with E-state index in [-0.39, 0.29) is 21.6 Å². The largest absolute Gasteiger partial charge is 0.369 e. The van der Waals surface area contributed by atoms with Crippen molar-refractivity contribution < 1.29 is 13.7 Å². The minimum absolute atomic E-state index is 0.173. The van der Waals surface area contributed by atoms with Crippen LogP contribution in [-0.2, 0) is 9.26 Å². The van der Waals surface area contributed by atoms with Crippen molar-refractivity contribution in [1.29, 1.82) is 1.28 Å². The molecule has 0 aliphatic carbocycles. The molecule has 4 heteroatoms. The SMILES string of the molecule is [2H]POC[C@@H]1C[C@@](C)(F)[C@H](C)O1. The minimum atomic E-state index is -1.24. The van der Waals surface area contributed by atoms with Crippen LogP contribution in [0.2, 0.25) is 0 Å². The highest BCUT2D eigenvalue weighted by Gasteiger charge is 2.42. The van der Waals surface area contributed by atoms with Crippen LogP contribution in [0.15, 0.2) is 0 Å². The quantitative estimate of drug-likeness (QED) is 0.617. The molecule has 66 valence electrons. The van der Waals surface area contributed by atoms with Crippen molar-refractivity contribution in [3.63, 3.8) is 0 Å². The molecule has 1 fully saturated rings. The number of alkyl halides is 1. The van der Waals surface area contributed by atoms with E-state index in [0.717, 1.165) is 0 Å². The Balaban J connectivity index is 2.33. The Labute approximate surface area is 70.0 Å². The van der Waals surface area contributed by atoms with Crippen LogP contribution >= 0.6 is 9.41 Å². The normalized spacial score (nSPS) is 47.0. The lowest BCUT2D eigenvalue weighted by atomic mass is 10.00. The maximum Gasteiger partial charge on any atom is 0.136 e. The molecule has 1 rings (SSSR count). The lowest BCUT2D eigenvalue weighted by Gasteiger charge is -2.15. The molecule has 0 aromatic carbocycles. The molecule has 1 aliphatic heterocycles. The molecular formula is C7H14FO2P. The monoisotopic (exact) mass is 181 g/mol. The second-order valence-corrected chi connectivity index (χ2v) is 3.48. The molecule has 0 bridgehead atoms. The molecule has 0 amide bonds. The lowest BCUT2D eigenvalue weighted by molar-refractivity contribution is 0.00230.